The van der Waals surface area contributed by atoms with E-state index in [0.29, 0.717) is 18.5 Å². The summed E-state index contributed by atoms with van der Waals surface area (Å²) in [4.78, 5) is 13.4. The van der Waals surface area contributed by atoms with E-state index in [2.05, 4.69) is 56.4 Å². The van der Waals surface area contributed by atoms with Gasteiger partial charge in [0, 0.05) is 32.1 Å². The second-order valence-corrected chi connectivity index (χ2v) is 7.03. The Morgan fingerprint density at radius 2 is 2.00 bits per heavy atom. The lowest BCUT2D eigenvalue weighted by molar-refractivity contribution is -0.132. The number of hydrogen-bond donors (Lipinski definition) is 1. The number of hydrogen-bond acceptors (Lipinski definition) is 2. The van der Waals surface area contributed by atoms with E-state index in [0.717, 1.165) is 19.4 Å². The topological polar surface area (TPSA) is 32.3 Å². The first-order valence-corrected chi connectivity index (χ1v) is 7.94. The molecule has 3 nitrogen and oxygen atoms in total. The van der Waals surface area contributed by atoms with Crippen molar-refractivity contribution in [1.29, 1.82) is 0 Å². The fourth-order valence-electron chi connectivity index (χ4n) is 3.38. The Kier molecular flexibility index (Phi) is 5.04. The molecule has 2 rings (SSSR count). The van der Waals surface area contributed by atoms with Gasteiger partial charge in [0.1, 0.15) is 0 Å². The Balaban J connectivity index is 1.89. The van der Waals surface area contributed by atoms with Crippen LogP contribution in [0.2, 0.25) is 0 Å². The molecular formula is C18H28N2O. The SMILES string of the molecule is CC(CC(C)(C)c1ccccc1)NC1CCC(=O)N(C)C1. The van der Waals surface area contributed by atoms with E-state index in [1.54, 1.807) is 0 Å². The summed E-state index contributed by atoms with van der Waals surface area (Å²) in [6.45, 7) is 7.68. The zero-order valence-electron chi connectivity index (χ0n) is 13.7. The molecule has 1 aromatic rings. The fraction of sp³-hybridized carbons (Fsp3) is 0.611. The molecule has 0 aromatic heterocycles. The van der Waals surface area contributed by atoms with Crippen LogP contribution < -0.4 is 5.32 Å². The minimum Gasteiger partial charge on any atom is -0.344 e. The smallest absolute Gasteiger partial charge is 0.222 e. The summed E-state index contributed by atoms with van der Waals surface area (Å²) >= 11 is 0. The highest BCUT2D eigenvalue weighted by Gasteiger charge is 2.27. The van der Waals surface area contributed by atoms with Crippen LogP contribution in [-0.4, -0.2) is 36.5 Å². The summed E-state index contributed by atoms with van der Waals surface area (Å²) in [5.74, 6) is 0.269. The van der Waals surface area contributed by atoms with Crippen molar-refractivity contribution in [2.75, 3.05) is 13.6 Å². The van der Waals surface area contributed by atoms with Crippen LogP contribution in [0.3, 0.4) is 0 Å². The second-order valence-electron chi connectivity index (χ2n) is 7.03. The molecule has 1 fully saturated rings. The molecular weight excluding hydrogens is 260 g/mol. The van der Waals surface area contributed by atoms with Gasteiger partial charge in [0.05, 0.1) is 0 Å². The first-order valence-electron chi connectivity index (χ1n) is 7.94. The summed E-state index contributed by atoms with van der Waals surface area (Å²) in [6, 6.07) is 11.6. The monoisotopic (exact) mass is 288 g/mol. The van der Waals surface area contributed by atoms with Crippen LogP contribution in [0.15, 0.2) is 30.3 Å². The van der Waals surface area contributed by atoms with E-state index in [-0.39, 0.29) is 11.3 Å². The summed E-state index contributed by atoms with van der Waals surface area (Å²) in [5.41, 5.74) is 1.54. The van der Waals surface area contributed by atoms with E-state index in [1.165, 1.54) is 5.56 Å². The number of carbonyl (C=O) groups excluding carboxylic acids is 1. The molecule has 1 amide bonds. The summed E-state index contributed by atoms with van der Waals surface area (Å²) in [7, 11) is 1.90. The van der Waals surface area contributed by atoms with Crippen molar-refractivity contribution in [1.82, 2.24) is 10.2 Å². The van der Waals surface area contributed by atoms with Crippen LogP contribution in [0.25, 0.3) is 0 Å². The van der Waals surface area contributed by atoms with Crippen LogP contribution in [0.1, 0.15) is 45.6 Å². The van der Waals surface area contributed by atoms with Crippen molar-refractivity contribution >= 4 is 5.91 Å². The van der Waals surface area contributed by atoms with Crippen molar-refractivity contribution in [3.05, 3.63) is 35.9 Å². The molecule has 1 aliphatic rings. The van der Waals surface area contributed by atoms with Gasteiger partial charge in [-0.25, -0.2) is 0 Å². The van der Waals surface area contributed by atoms with Gasteiger partial charge in [-0.3, -0.25) is 4.79 Å². The van der Waals surface area contributed by atoms with Crippen LogP contribution in [0, 0.1) is 0 Å². The van der Waals surface area contributed by atoms with E-state index >= 15 is 0 Å². The lowest BCUT2D eigenvalue weighted by atomic mass is 9.79. The Morgan fingerprint density at radius 3 is 2.62 bits per heavy atom. The molecule has 0 radical (unpaired) electrons. The van der Waals surface area contributed by atoms with Gasteiger partial charge in [0.2, 0.25) is 5.91 Å². The number of likely N-dealkylation sites (N-methyl/N-ethyl adjacent to an activating group) is 1. The lowest BCUT2D eigenvalue weighted by Gasteiger charge is -2.35. The molecule has 0 saturated carbocycles. The Bertz CT molecular complexity index is 469. The normalized spacial score (nSPS) is 21.4. The number of carbonyl (C=O) groups is 1. The molecule has 2 unspecified atom stereocenters. The molecule has 1 aliphatic heterocycles. The zero-order valence-corrected chi connectivity index (χ0v) is 13.7. The standard InChI is InChI=1S/C18H28N2O/c1-14(19-16-10-11-17(21)20(4)13-16)12-18(2,3)15-8-6-5-7-9-15/h5-9,14,16,19H,10-13H2,1-4H3. The molecule has 0 spiro atoms. The largest absolute Gasteiger partial charge is 0.344 e. The van der Waals surface area contributed by atoms with Gasteiger partial charge < -0.3 is 10.2 Å². The van der Waals surface area contributed by atoms with Crippen molar-refractivity contribution in [2.24, 2.45) is 0 Å². The van der Waals surface area contributed by atoms with Crippen LogP contribution in [0.5, 0.6) is 0 Å². The molecule has 2 atom stereocenters. The van der Waals surface area contributed by atoms with Crippen molar-refractivity contribution in [3.63, 3.8) is 0 Å². The van der Waals surface area contributed by atoms with Crippen molar-refractivity contribution in [2.45, 2.75) is 57.5 Å². The molecule has 0 aliphatic carbocycles. The fourth-order valence-corrected chi connectivity index (χ4v) is 3.38. The van der Waals surface area contributed by atoms with Crippen molar-refractivity contribution in [3.8, 4) is 0 Å². The van der Waals surface area contributed by atoms with Gasteiger partial charge in [-0.1, -0.05) is 44.2 Å². The third-order valence-electron chi connectivity index (χ3n) is 4.52. The maximum Gasteiger partial charge on any atom is 0.222 e. The lowest BCUT2D eigenvalue weighted by Crippen LogP contribution is -2.50. The number of amides is 1. The van der Waals surface area contributed by atoms with E-state index in [4.69, 9.17) is 0 Å². The second kappa shape index (κ2) is 6.61. The Hall–Kier alpha value is -1.35. The van der Waals surface area contributed by atoms with Crippen molar-refractivity contribution < 1.29 is 4.79 Å². The molecule has 1 aromatic carbocycles. The summed E-state index contributed by atoms with van der Waals surface area (Å²) in [6.07, 6.45) is 2.72. The van der Waals surface area contributed by atoms with Gasteiger partial charge in [-0.2, -0.15) is 0 Å². The number of rotatable bonds is 5. The predicted molar refractivity (Wildman–Crippen MR) is 87.3 cm³/mol. The maximum atomic E-state index is 11.5. The minimum absolute atomic E-state index is 0.157. The predicted octanol–water partition coefficient (Wildman–Crippen LogP) is 2.95. The van der Waals surface area contributed by atoms with Gasteiger partial charge >= 0.3 is 0 Å². The number of likely N-dealkylation sites (tertiary alicyclic amines) is 1. The first kappa shape index (κ1) is 16.0. The summed E-state index contributed by atoms with van der Waals surface area (Å²) < 4.78 is 0. The molecule has 1 saturated heterocycles. The van der Waals surface area contributed by atoms with Gasteiger partial charge in [-0.15, -0.1) is 0 Å². The number of benzene rings is 1. The molecule has 21 heavy (non-hydrogen) atoms. The quantitative estimate of drug-likeness (QED) is 0.903. The Labute approximate surface area is 128 Å². The summed E-state index contributed by atoms with van der Waals surface area (Å²) in [5, 5.41) is 3.70. The van der Waals surface area contributed by atoms with E-state index in [1.807, 2.05) is 11.9 Å². The van der Waals surface area contributed by atoms with Crippen LogP contribution in [-0.2, 0) is 10.2 Å². The molecule has 1 heterocycles. The Morgan fingerprint density at radius 1 is 1.33 bits per heavy atom. The highest BCUT2D eigenvalue weighted by atomic mass is 16.2. The average Bonchev–Trinajstić information content (AvgIpc) is 2.43. The minimum atomic E-state index is 0.157. The number of nitrogens with zero attached hydrogens (tertiary/aromatic N) is 1. The zero-order chi connectivity index (χ0) is 15.5. The third-order valence-corrected chi connectivity index (χ3v) is 4.52. The number of nitrogens with one attached hydrogen (secondary N) is 1. The van der Waals surface area contributed by atoms with Crippen LogP contribution in [0.4, 0.5) is 0 Å². The number of piperidine rings is 1. The third kappa shape index (κ3) is 4.31. The average molecular weight is 288 g/mol. The molecule has 1 N–H and O–H groups in total. The van der Waals surface area contributed by atoms with E-state index < -0.39 is 0 Å². The first-order chi connectivity index (χ1) is 9.88. The van der Waals surface area contributed by atoms with Gasteiger partial charge in [-0.05, 0) is 30.7 Å². The van der Waals surface area contributed by atoms with Gasteiger partial charge in [0.25, 0.3) is 0 Å². The highest BCUT2D eigenvalue weighted by Crippen LogP contribution is 2.28. The highest BCUT2D eigenvalue weighted by molar-refractivity contribution is 5.76. The molecule has 116 valence electrons. The van der Waals surface area contributed by atoms with Crippen LogP contribution >= 0.6 is 0 Å². The maximum absolute atomic E-state index is 11.5. The van der Waals surface area contributed by atoms with E-state index in [9.17, 15) is 4.79 Å². The molecule has 3 heteroatoms. The molecule has 0 bridgehead atoms. The van der Waals surface area contributed by atoms with Gasteiger partial charge in [0.15, 0.2) is 0 Å².